The van der Waals surface area contributed by atoms with E-state index in [1.165, 1.54) is 17.9 Å². The van der Waals surface area contributed by atoms with Crippen molar-refractivity contribution in [3.05, 3.63) is 0 Å². The van der Waals surface area contributed by atoms with Gasteiger partial charge in [-0.25, -0.2) is 0 Å². The van der Waals surface area contributed by atoms with Crippen LogP contribution in [-0.2, 0) is 4.74 Å². The first-order valence-corrected chi connectivity index (χ1v) is 10.5. The lowest BCUT2D eigenvalue weighted by atomic mass is 9.79. The molecule has 21 heavy (non-hydrogen) atoms. The molecule has 0 amide bonds. The van der Waals surface area contributed by atoms with E-state index in [4.69, 9.17) is 4.74 Å². The average Bonchev–Trinajstić information content (AvgIpc) is 2.60. The van der Waals surface area contributed by atoms with Gasteiger partial charge in [-0.2, -0.15) is 23.5 Å². The second-order valence-corrected chi connectivity index (χ2v) is 10.4. The van der Waals surface area contributed by atoms with Crippen LogP contribution in [0.2, 0.25) is 0 Å². The zero-order chi connectivity index (χ0) is 15.7. The molecule has 0 radical (unpaired) electrons. The highest BCUT2D eigenvalue weighted by Crippen LogP contribution is 2.47. The van der Waals surface area contributed by atoms with Crippen molar-refractivity contribution >= 4 is 23.5 Å². The van der Waals surface area contributed by atoms with E-state index in [0.29, 0.717) is 17.2 Å². The fourth-order valence-corrected chi connectivity index (χ4v) is 7.02. The Hall–Kier alpha value is 0.620. The number of rotatable bonds is 5. The summed E-state index contributed by atoms with van der Waals surface area (Å²) in [5, 5.41) is 5.33. The second-order valence-electron chi connectivity index (χ2n) is 7.67. The molecule has 2 rings (SSSR count). The van der Waals surface area contributed by atoms with Crippen molar-refractivity contribution in [2.45, 2.75) is 82.1 Å². The lowest BCUT2D eigenvalue weighted by molar-refractivity contribution is -0.0776. The average molecular weight is 332 g/mol. The van der Waals surface area contributed by atoms with Crippen molar-refractivity contribution in [3.63, 3.8) is 0 Å². The zero-order valence-electron chi connectivity index (χ0n) is 14.6. The van der Waals surface area contributed by atoms with Crippen LogP contribution in [0.3, 0.4) is 0 Å². The molecule has 0 bridgehead atoms. The van der Waals surface area contributed by atoms with Gasteiger partial charge in [0.15, 0.2) is 0 Å². The summed E-state index contributed by atoms with van der Waals surface area (Å²) in [7, 11) is 0. The molecule has 4 unspecified atom stereocenters. The van der Waals surface area contributed by atoms with Crippen LogP contribution < -0.4 is 5.32 Å². The normalized spacial score (nSPS) is 36.6. The third-order valence-electron chi connectivity index (χ3n) is 4.80. The molecule has 4 atom stereocenters. The Morgan fingerprint density at radius 3 is 2.38 bits per heavy atom. The van der Waals surface area contributed by atoms with Crippen LogP contribution in [0.15, 0.2) is 0 Å². The summed E-state index contributed by atoms with van der Waals surface area (Å²) in [5.41, 5.74) is -0.0205. The number of hydrogen-bond donors (Lipinski definition) is 1. The van der Waals surface area contributed by atoms with E-state index in [1.807, 2.05) is 0 Å². The first-order chi connectivity index (χ1) is 9.77. The molecule has 0 aromatic carbocycles. The molecule has 124 valence electrons. The molecule has 2 aliphatic rings. The van der Waals surface area contributed by atoms with Gasteiger partial charge in [-0.1, -0.05) is 13.8 Å². The van der Waals surface area contributed by atoms with Gasteiger partial charge in [0.05, 0.1) is 11.2 Å². The first-order valence-electron chi connectivity index (χ1n) is 8.43. The summed E-state index contributed by atoms with van der Waals surface area (Å²) in [4.78, 5) is 0. The van der Waals surface area contributed by atoms with Crippen molar-refractivity contribution in [1.82, 2.24) is 5.32 Å². The lowest BCUT2D eigenvalue weighted by Crippen LogP contribution is -2.53. The molecule has 4 heteroatoms. The SMILES string of the molecule is CCCNC(C1SCCSC1C)C1CC(C)(C)OC1(C)C. The standard InChI is InChI=1S/C17H33NOS2/c1-7-8-18-14(15-12(2)20-9-10-21-15)13-11-16(3,4)19-17(13,5)6/h12-15,18H,7-11H2,1-6H3. The van der Waals surface area contributed by atoms with Crippen LogP contribution in [0.25, 0.3) is 0 Å². The van der Waals surface area contributed by atoms with E-state index in [9.17, 15) is 0 Å². The van der Waals surface area contributed by atoms with Gasteiger partial charge in [-0.15, -0.1) is 0 Å². The predicted molar refractivity (Wildman–Crippen MR) is 97.6 cm³/mol. The van der Waals surface area contributed by atoms with Crippen LogP contribution in [0, 0.1) is 5.92 Å². The first kappa shape index (κ1) is 18.0. The highest BCUT2D eigenvalue weighted by atomic mass is 32.2. The van der Waals surface area contributed by atoms with Crippen LogP contribution in [0.4, 0.5) is 0 Å². The van der Waals surface area contributed by atoms with Gasteiger partial charge in [-0.05, 0) is 47.1 Å². The minimum atomic E-state index is -0.0305. The van der Waals surface area contributed by atoms with E-state index in [-0.39, 0.29) is 11.2 Å². The maximum atomic E-state index is 6.38. The van der Waals surface area contributed by atoms with Crippen LogP contribution in [-0.4, -0.2) is 45.8 Å². The number of nitrogens with one attached hydrogen (secondary N) is 1. The van der Waals surface area contributed by atoms with E-state index < -0.39 is 0 Å². The van der Waals surface area contributed by atoms with Gasteiger partial charge in [0.2, 0.25) is 0 Å². The van der Waals surface area contributed by atoms with Crippen molar-refractivity contribution in [3.8, 4) is 0 Å². The number of hydrogen-bond acceptors (Lipinski definition) is 4. The Bertz CT molecular complexity index is 346. The molecule has 2 saturated heterocycles. The summed E-state index contributed by atoms with van der Waals surface area (Å²) < 4.78 is 6.38. The van der Waals surface area contributed by atoms with Crippen molar-refractivity contribution in [2.24, 2.45) is 5.92 Å². The van der Waals surface area contributed by atoms with Gasteiger partial charge >= 0.3 is 0 Å². The molecule has 0 aromatic rings. The number of ether oxygens (including phenoxy) is 1. The van der Waals surface area contributed by atoms with Crippen molar-refractivity contribution in [1.29, 1.82) is 0 Å². The van der Waals surface area contributed by atoms with Gasteiger partial charge in [0.25, 0.3) is 0 Å². The third-order valence-corrected chi connectivity index (χ3v) is 8.01. The number of thioether (sulfide) groups is 2. The van der Waals surface area contributed by atoms with Crippen LogP contribution in [0.1, 0.15) is 54.4 Å². The summed E-state index contributed by atoms with van der Waals surface area (Å²) in [6.45, 7) is 14.9. The Balaban J connectivity index is 2.18. The van der Waals surface area contributed by atoms with Gasteiger partial charge in [0.1, 0.15) is 0 Å². The van der Waals surface area contributed by atoms with Gasteiger partial charge in [-0.3, -0.25) is 0 Å². The van der Waals surface area contributed by atoms with Crippen LogP contribution >= 0.6 is 23.5 Å². The molecule has 0 aliphatic carbocycles. The fraction of sp³-hybridized carbons (Fsp3) is 1.00. The molecule has 0 spiro atoms. The highest BCUT2D eigenvalue weighted by molar-refractivity contribution is 8.07. The Kier molecular flexibility index (Phi) is 6.01. The fourth-order valence-electron chi connectivity index (χ4n) is 4.01. The Morgan fingerprint density at radius 1 is 1.19 bits per heavy atom. The Labute approximate surface area is 139 Å². The predicted octanol–water partition coefficient (Wildman–Crippen LogP) is 4.19. The smallest absolute Gasteiger partial charge is 0.0678 e. The largest absolute Gasteiger partial charge is 0.369 e. The molecule has 2 heterocycles. The topological polar surface area (TPSA) is 21.3 Å². The highest BCUT2D eigenvalue weighted by Gasteiger charge is 2.51. The molecule has 2 nitrogen and oxygen atoms in total. The molecule has 1 N–H and O–H groups in total. The minimum Gasteiger partial charge on any atom is -0.369 e. The molecule has 0 saturated carbocycles. The Morgan fingerprint density at radius 2 is 1.86 bits per heavy atom. The summed E-state index contributed by atoms with van der Waals surface area (Å²) in [6.07, 6.45) is 2.36. The summed E-state index contributed by atoms with van der Waals surface area (Å²) in [5.74, 6) is 3.19. The summed E-state index contributed by atoms with van der Waals surface area (Å²) in [6, 6.07) is 0.564. The van der Waals surface area contributed by atoms with Gasteiger partial charge in [0, 0.05) is 34.0 Å². The van der Waals surface area contributed by atoms with E-state index in [0.717, 1.165) is 18.2 Å². The second kappa shape index (κ2) is 7.02. The molecular weight excluding hydrogens is 298 g/mol. The van der Waals surface area contributed by atoms with E-state index >= 15 is 0 Å². The molecule has 2 fully saturated rings. The summed E-state index contributed by atoms with van der Waals surface area (Å²) >= 11 is 4.32. The van der Waals surface area contributed by atoms with Crippen LogP contribution in [0.5, 0.6) is 0 Å². The van der Waals surface area contributed by atoms with E-state index in [2.05, 4.69) is 70.4 Å². The maximum Gasteiger partial charge on any atom is 0.0678 e. The van der Waals surface area contributed by atoms with Crippen molar-refractivity contribution < 1.29 is 4.74 Å². The molecule has 2 aliphatic heterocycles. The molecular formula is C17H33NOS2. The third kappa shape index (κ3) is 4.33. The lowest BCUT2D eigenvalue weighted by Gasteiger charge is -2.41. The quantitative estimate of drug-likeness (QED) is 0.815. The van der Waals surface area contributed by atoms with Crippen molar-refractivity contribution in [2.75, 3.05) is 18.1 Å². The van der Waals surface area contributed by atoms with Gasteiger partial charge < -0.3 is 10.1 Å². The monoisotopic (exact) mass is 331 g/mol. The maximum absolute atomic E-state index is 6.38. The zero-order valence-corrected chi connectivity index (χ0v) is 16.2. The minimum absolute atomic E-state index is 0.00995. The molecule has 0 aromatic heterocycles. The van der Waals surface area contributed by atoms with E-state index in [1.54, 1.807) is 0 Å².